The number of fused-ring (bicyclic) bond motifs is 5. The van der Waals surface area contributed by atoms with Crippen LogP contribution in [0.3, 0.4) is 0 Å². The maximum Gasteiger partial charge on any atom is 0.0610 e. The Morgan fingerprint density at radius 1 is 0.931 bits per heavy atom. The summed E-state index contributed by atoms with van der Waals surface area (Å²) in [5.74, 6) is 5.39. The van der Waals surface area contributed by atoms with Crippen molar-refractivity contribution < 1.29 is 5.21 Å². The van der Waals surface area contributed by atoms with Crippen molar-refractivity contribution >= 4 is 5.71 Å². The Morgan fingerprint density at radius 2 is 1.69 bits per heavy atom. The molecule has 0 aliphatic heterocycles. The topological polar surface area (TPSA) is 32.6 Å². The molecule has 0 saturated heterocycles. The molecule has 0 amide bonds. The Kier molecular flexibility index (Phi) is 6.13. The third-order valence-corrected chi connectivity index (χ3v) is 10.7. The lowest BCUT2D eigenvalue weighted by atomic mass is 9.44. The van der Waals surface area contributed by atoms with Gasteiger partial charge in [0.25, 0.3) is 0 Å². The highest BCUT2D eigenvalue weighted by Crippen LogP contribution is 2.67. The van der Waals surface area contributed by atoms with Gasteiger partial charge in [0.2, 0.25) is 0 Å². The van der Waals surface area contributed by atoms with Crippen molar-refractivity contribution in [2.75, 3.05) is 0 Å². The minimum atomic E-state index is 0.465. The van der Waals surface area contributed by atoms with Crippen LogP contribution in [-0.2, 0) is 0 Å². The van der Waals surface area contributed by atoms with Gasteiger partial charge in [-0.05, 0) is 91.3 Å². The number of hydrogen-bond donors (Lipinski definition) is 1. The Bertz CT molecular complexity index is 612. The molecule has 0 spiro atoms. The molecule has 0 aromatic heterocycles. The predicted octanol–water partition coefficient (Wildman–Crippen LogP) is 7.94. The van der Waals surface area contributed by atoms with E-state index in [4.69, 9.17) is 0 Å². The maximum absolute atomic E-state index is 10.0. The van der Waals surface area contributed by atoms with Crippen LogP contribution in [-0.4, -0.2) is 10.9 Å². The minimum Gasteiger partial charge on any atom is -0.411 e. The third-order valence-electron chi connectivity index (χ3n) is 10.7. The Balaban J connectivity index is 1.55. The highest BCUT2D eigenvalue weighted by atomic mass is 16.4. The molecular formula is C27H47NO. The van der Waals surface area contributed by atoms with Crippen molar-refractivity contribution in [1.82, 2.24) is 0 Å². The van der Waals surface area contributed by atoms with Gasteiger partial charge in [-0.2, -0.15) is 0 Å². The van der Waals surface area contributed by atoms with Crippen LogP contribution in [0.15, 0.2) is 5.16 Å². The fraction of sp³-hybridized carbons (Fsp3) is 0.963. The molecule has 0 aromatic rings. The van der Waals surface area contributed by atoms with Gasteiger partial charge in [0.15, 0.2) is 0 Å². The number of hydrogen-bond acceptors (Lipinski definition) is 2. The van der Waals surface area contributed by atoms with Gasteiger partial charge < -0.3 is 5.21 Å². The Morgan fingerprint density at radius 3 is 2.41 bits per heavy atom. The lowest BCUT2D eigenvalue weighted by molar-refractivity contribution is -0.0728. The summed E-state index contributed by atoms with van der Waals surface area (Å²) in [4.78, 5) is 0. The van der Waals surface area contributed by atoms with E-state index < -0.39 is 0 Å². The normalized spacial score (nSPS) is 47.0. The first-order chi connectivity index (χ1) is 13.8. The summed E-state index contributed by atoms with van der Waals surface area (Å²) in [5.41, 5.74) is 2.16. The van der Waals surface area contributed by atoms with Gasteiger partial charge in [0.05, 0.1) is 5.71 Å². The van der Waals surface area contributed by atoms with Crippen LogP contribution < -0.4 is 0 Å². The molecule has 29 heavy (non-hydrogen) atoms. The largest absolute Gasteiger partial charge is 0.411 e. The van der Waals surface area contributed by atoms with Crippen LogP contribution in [0.4, 0.5) is 0 Å². The van der Waals surface area contributed by atoms with Crippen molar-refractivity contribution in [1.29, 1.82) is 0 Å². The fourth-order valence-corrected chi connectivity index (χ4v) is 9.12. The quantitative estimate of drug-likeness (QED) is 0.368. The first kappa shape index (κ1) is 21.7. The van der Waals surface area contributed by atoms with E-state index in [1.54, 1.807) is 0 Å². The molecule has 8 atom stereocenters. The van der Waals surface area contributed by atoms with Crippen LogP contribution in [0.5, 0.6) is 0 Å². The standard InChI is InChI=1S/C27H47NO/c1-18(2)9-8-10-19(3)21-12-13-22-25-23(14-16-27(21,22)5)26(4)15-7-6-11-20(26)17-24(25)28-29/h18-23,25,29H,6-17H2,1-5H3. The molecule has 2 nitrogen and oxygen atoms in total. The van der Waals surface area contributed by atoms with Gasteiger partial charge in [0.1, 0.15) is 0 Å². The molecule has 4 rings (SSSR count). The molecular weight excluding hydrogens is 354 g/mol. The van der Waals surface area contributed by atoms with E-state index in [1.165, 1.54) is 76.3 Å². The van der Waals surface area contributed by atoms with Gasteiger partial charge in [-0.1, -0.05) is 71.9 Å². The van der Waals surface area contributed by atoms with E-state index in [9.17, 15) is 5.21 Å². The van der Waals surface area contributed by atoms with E-state index >= 15 is 0 Å². The Hall–Kier alpha value is -0.530. The van der Waals surface area contributed by atoms with Gasteiger partial charge >= 0.3 is 0 Å². The molecule has 2 heteroatoms. The van der Waals surface area contributed by atoms with Gasteiger partial charge in [-0.3, -0.25) is 0 Å². The molecule has 1 N–H and O–H groups in total. The molecule has 4 fully saturated rings. The molecule has 4 aliphatic rings. The summed E-state index contributed by atoms with van der Waals surface area (Å²) in [6, 6.07) is 0. The second kappa shape index (κ2) is 8.19. The molecule has 4 saturated carbocycles. The smallest absolute Gasteiger partial charge is 0.0610 e. The lowest BCUT2D eigenvalue weighted by Gasteiger charge is -2.60. The summed E-state index contributed by atoms with van der Waals surface area (Å²) < 4.78 is 0. The minimum absolute atomic E-state index is 0.465. The maximum atomic E-state index is 10.0. The van der Waals surface area contributed by atoms with Crippen LogP contribution >= 0.6 is 0 Å². The Labute approximate surface area is 180 Å². The second-order valence-electron chi connectivity index (χ2n) is 12.5. The average Bonchev–Trinajstić information content (AvgIpc) is 3.04. The van der Waals surface area contributed by atoms with Crippen LogP contribution in [0.25, 0.3) is 0 Å². The molecule has 0 aromatic carbocycles. The summed E-state index contributed by atoms with van der Waals surface area (Å²) >= 11 is 0. The van der Waals surface area contributed by atoms with Gasteiger partial charge in [0, 0.05) is 5.92 Å². The van der Waals surface area contributed by atoms with E-state index in [1.807, 2.05) is 0 Å². The van der Waals surface area contributed by atoms with E-state index in [0.717, 1.165) is 41.9 Å². The highest BCUT2D eigenvalue weighted by molar-refractivity contribution is 5.88. The monoisotopic (exact) mass is 401 g/mol. The second-order valence-corrected chi connectivity index (χ2v) is 12.5. The molecule has 0 heterocycles. The van der Waals surface area contributed by atoms with Crippen molar-refractivity contribution in [2.45, 2.75) is 112 Å². The SMILES string of the molecule is CC(C)CCCC(C)C1CCC2C3C(=NO)CC4CCCCC4(C)C3CCC12C. The fourth-order valence-electron chi connectivity index (χ4n) is 9.12. The van der Waals surface area contributed by atoms with E-state index in [2.05, 4.69) is 39.8 Å². The summed E-state index contributed by atoms with van der Waals surface area (Å²) in [5, 5.41) is 14.0. The summed E-state index contributed by atoms with van der Waals surface area (Å²) in [6.07, 6.45) is 16.4. The number of oxime groups is 1. The zero-order valence-electron chi connectivity index (χ0n) is 19.9. The number of nitrogens with zero attached hydrogens (tertiary/aromatic N) is 1. The van der Waals surface area contributed by atoms with E-state index in [-0.39, 0.29) is 0 Å². The summed E-state index contributed by atoms with van der Waals surface area (Å²) in [6.45, 7) is 12.5. The predicted molar refractivity (Wildman–Crippen MR) is 122 cm³/mol. The van der Waals surface area contributed by atoms with Gasteiger partial charge in [-0.25, -0.2) is 0 Å². The number of rotatable bonds is 5. The molecule has 4 aliphatic carbocycles. The van der Waals surface area contributed by atoms with E-state index in [0.29, 0.717) is 16.7 Å². The molecule has 166 valence electrons. The first-order valence-corrected chi connectivity index (χ1v) is 13.0. The van der Waals surface area contributed by atoms with Crippen LogP contribution in [0, 0.1) is 52.3 Å². The van der Waals surface area contributed by atoms with Crippen molar-refractivity contribution in [3.05, 3.63) is 0 Å². The zero-order chi connectivity index (χ0) is 20.8. The van der Waals surface area contributed by atoms with Gasteiger partial charge in [-0.15, -0.1) is 0 Å². The molecule has 0 bridgehead atoms. The van der Waals surface area contributed by atoms with Crippen molar-refractivity contribution in [2.24, 2.45) is 57.4 Å². The average molecular weight is 402 g/mol. The molecule has 8 unspecified atom stereocenters. The van der Waals surface area contributed by atoms with Crippen LogP contribution in [0.2, 0.25) is 0 Å². The van der Waals surface area contributed by atoms with Crippen LogP contribution in [0.1, 0.15) is 112 Å². The lowest BCUT2D eigenvalue weighted by Crippen LogP contribution is -2.56. The molecule has 0 radical (unpaired) electrons. The summed E-state index contributed by atoms with van der Waals surface area (Å²) in [7, 11) is 0. The van der Waals surface area contributed by atoms with Crippen molar-refractivity contribution in [3.8, 4) is 0 Å². The zero-order valence-corrected chi connectivity index (χ0v) is 19.9. The highest BCUT2D eigenvalue weighted by Gasteiger charge is 2.62. The third kappa shape index (κ3) is 3.59. The first-order valence-electron chi connectivity index (χ1n) is 13.0. The van der Waals surface area contributed by atoms with Crippen molar-refractivity contribution in [3.63, 3.8) is 0 Å².